The number of carbonyl (C=O) groups excluding carboxylic acids is 1. The van der Waals surface area contributed by atoms with Crippen LogP contribution in [-0.2, 0) is 14.8 Å². The van der Waals surface area contributed by atoms with E-state index in [0.717, 1.165) is 12.8 Å². The molecular weight excluding hydrogens is 262 g/mol. The quantitative estimate of drug-likeness (QED) is 0.840. The number of Topliss-reactive ketones (excluding diaryl/α,β-unsaturated/α-hetero) is 1. The highest BCUT2D eigenvalue weighted by Gasteiger charge is 2.65. The fourth-order valence-electron chi connectivity index (χ4n) is 3.78. The maximum atomic E-state index is 12.3. The molecule has 110 valence electrons. The van der Waals surface area contributed by atoms with E-state index in [-0.39, 0.29) is 22.9 Å². The molecule has 0 amide bonds. The van der Waals surface area contributed by atoms with E-state index in [0.29, 0.717) is 18.9 Å². The van der Waals surface area contributed by atoms with E-state index in [1.54, 1.807) is 0 Å². The van der Waals surface area contributed by atoms with Crippen LogP contribution >= 0.6 is 0 Å². The molecule has 0 aromatic rings. The molecule has 2 fully saturated rings. The second-order valence-electron chi connectivity index (χ2n) is 7.17. The molecule has 0 heterocycles. The molecule has 2 rings (SSSR count). The highest BCUT2D eigenvalue weighted by molar-refractivity contribution is 7.89. The molecule has 5 heteroatoms. The maximum absolute atomic E-state index is 12.3. The van der Waals surface area contributed by atoms with Gasteiger partial charge in [-0.05, 0) is 30.1 Å². The van der Waals surface area contributed by atoms with Crippen LogP contribution < -0.4 is 4.72 Å². The molecule has 0 radical (unpaired) electrons. The summed E-state index contributed by atoms with van der Waals surface area (Å²) < 4.78 is 27.1. The number of ketones is 1. The van der Waals surface area contributed by atoms with E-state index in [9.17, 15) is 13.2 Å². The summed E-state index contributed by atoms with van der Waals surface area (Å²) in [5.41, 5.74) is -0.836. The van der Waals surface area contributed by atoms with Crippen molar-refractivity contribution in [1.82, 2.24) is 4.72 Å². The van der Waals surface area contributed by atoms with Gasteiger partial charge in [-0.15, -0.1) is 0 Å². The summed E-state index contributed by atoms with van der Waals surface area (Å²) in [4.78, 5) is 12.3. The lowest BCUT2D eigenvalue weighted by Crippen LogP contribution is -2.45. The number of hydrogen-bond acceptors (Lipinski definition) is 3. The molecule has 19 heavy (non-hydrogen) atoms. The van der Waals surface area contributed by atoms with E-state index in [1.165, 1.54) is 0 Å². The average molecular weight is 287 g/mol. The molecule has 0 aliphatic heterocycles. The van der Waals surface area contributed by atoms with Gasteiger partial charge in [-0.2, -0.15) is 0 Å². The van der Waals surface area contributed by atoms with Crippen LogP contribution in [0.4, 0.5) is 0 Å². The minimum Gasteiger partial charge on any atom is -0.299 e. The Balaban J connectivity index is 2.20. The molecule has 2 bridgehead atoms. The van der Waals surface area contributed by atoms with Gasteiger partial charge in [0.2, 0.25) is 10.0 Å². The Labute approximate surface area is 116 Å². The van der Waals surface area contributed by atoms with Crippen LogP contribution in [-0.4, -0.2) is 26.5 Å². The van der Waals surface area contributed by atoms with Gasteiger partial charge in [0.05, 0.1) is 5.75 Å². The smallest absolute Gasteiger partial charge is 0.212 e. The number of rotatable bonds is 5. The fraction of sp³-hybridized carbons (Fsp3) is 0.929. The van der Waals surface area contributed by atoms with Crippen molar-refractivity contribution in [2.24, 2.45) is 22.7 Å². The zero-order chi connectivity index (χ0) is 14.5. The number of sulfonamides is 1. The zero-order valence-electron chi connectivity index (χ0n) is 12.3. The van der Waals surface area contributed by atoms with Gasteiger partial charge in [0.15, 0.2) is 0 Å². The van der Waals surface area contributed by atoms with Gasteiger partial charge in [-0.1, -0.05) is 27.7 Å². The minimum absolute atomic E-state index is 0.0327. The van der Waals surface area contributed by atoms with Crippen LogP contribution in [0, 0.1) is 22.7 Å². The van der Waals surface area contributed by atoms with Crippen molar-refractivity contribution in [3.05, 3.63) is 0 Å². The number of nitrogens with one attached hydrogen (secondary N) is 1. The van der Waals surface area contributed by atoms with Gasteiger partial charge in [-0.3, -0.25) is 4.79 Å². The molecule has 0 unspecified atom stereocenters. The summed E-state index contributed by atoms with van der Waals surface area (Å²) in [6.45, 7) is 8.51. The Morgan fingerprint density at radius 1 is 1.37 bits per heavy atom. The number of fused-ring (bicyclic) bond motifs is 2. The topological polar surface area (TPSA) is 63.2 Å². The number of hydrogen-bond donors (Lipinski definition) is 1. The van der Waals surface area contributed by atoms with E-state index in [1.807, 2.05) is 13.8 Å². The van der Waals surface area contributed by atoms with E-state index >= 15 is 0 Å². The first-order chi connectivity index (χ1) is 8.61. The van der Waals surface area contributed by atoms with Crippen molar-refractivity contribution in [2.75, 3.05) is 12.3 Å². The fourth-order valence-corrected chi connectivity index (χ4v) is 5.79. The molecule has 2 atom stereocenters. The third-order valence-corrected chi connectivity index (χ3v) is 6.77. The summed E-state index contributed by atoms with van der Waals surface area (Å²) in [6, 6.07) is 0. The van der Waals surface area contributed by atoms with E-state index < -0.39 is 15.4 Å². The first kappa shape index (κ1) is 15.0. The second kappa shape index (κ2) is 4.55. The summed E-state index contributed by atoms with van der Waals surface area (Å²) in [5, 5.41) is 0. The minimum atomic E-state index is -3.38. The van der Waals surface area contributed by atoms with Crippen molar-refractivity contribution in [3.63, 3.8) is 0 Å². The molecule has 4 nitrogen and oxygen atoms in total. The van der Waals surface area contributed by atoms with Crippen LogP contribution in [0.1, 0.15) is 47.0 Å². The van der Waals surface area contributed by atoms with Crippen molar-refractivity contribution in [3.8, 4) is 0 Å². The summed E-state index contributed by atoms with van der Waals surface area (Å²) >= 11 is 0. The lowest BCUT2D eigenvalue weighted by atomic mass is 9.70. The second-order valence-corrected chi connectivity index (χ2v) is 8.97. The SMILES string of the molecule is CC(C)CNS(=O)(=O)C[C@@]12CC[C@H](CC1=O)C2(C)C. The lowest BCUT2D eigenvalue weighted by molar-refractivity contribution is -0.128. The Kier molecular flexibility index (Phi) is 3.59. The van der Waals surface area contributed by atoms with E-state index in [2.05, 4.69) is 18.6 Å². The monoisotopic (exact) mass is 287 g/mol. The lowest BCUT2D eigenvalue weighted by Gasteiger charge is -2.36. The van der Waals surface area contributed by atoms with Gasteiger partial charge in [0.25, 0.3) is 0 Å². The van der Waals surface area contributed by atoms with Crippen molar-refractivity contribution < 1.29 is 13.2 Å². The van der Waals surface area contributed by atoms with Gasteiger partial charge in [0, 0.05) is 18.4 Å². The predicted octanol–water partition coefficient (Wildman–Crippen LogP) is 1.96. The molecule has 1 N–H and O–H groups in total. The first-order valence-corrected chi connectivity index (χ1v) is 8.76. The molecule has 2 aliphatic rings. The van der Waals surface area contributed by atoms with Crippen LogP contribution in [0.15, 0.2) is 0 Å². The zero-order valence-corrected chi connectivity index (χ0v) is 13.1. The molecule has 0 aromatic carbocycles. The molecule has 0 saturated heterocycles. The van der Waals surface area contributed by atoms with Crippen LogP contribution in [0.3, 0.4) is 0 Å². The Morgan fingerprint density at radius 3 is 2.42 bits per heavy atom. The molecule has 0 aromatic heterocycles. The van der Waals surface area contributed by atoms with Crippen LogP contribution in [0.2, 0.25) is 0 Å². The third kappa shape index (κ3) is 2.35. The normalized spacial score (nSPS) is 33.3. The van der Waals surface area contributed by atoms with Crippen LogP contribution in [0.25, 0.3) is 0 Å². The van der Waals surface area contributed by atoms with Gasteiger partial charge in [0.1, 0.15) is 5.78 Å². The average Bonchev–Trinajstić information content (AvgIpc) is 2.60. The molecule has 0 spiro atoms. The third-order valence-electron chi connectivity index (χ3n) is 5.29. The van der Waals surface area contributed by atoms with Gasteiger partial charge < -0.3 is 0 Å². The Hall–Kier alpha value is -0.420. The van der Waals surface area contributed by atoms with Crippen LogP contribution in [0.5, 0.6) is 0 Å². The standard InChI is InChI=1S/C14H25NO3S/c1-10(2)8-15-19(17,18)9-14-6-5-11(7-12(14)16)13(14,3)4/h10-11,15H,5-9H2,1-4H3/t11-,14+/m1/s1. The van der Waals surface area contributed by atoms with Crippen molar-refractivity contribution >= 4 is 15.8 Å². The Bertz CT molecular complexity index is 481. The largest absolute Gasteiger partial charge is 0.299 e. The molecule has 2 aliphatic carbocycles. The summed E-state index contributed by atoms with van der Waals surface area (Å²) in [7, 11) is -3.38. The highest BCUT2D eigenvalue weighted by Crippen LogP contribution is 2.64. The number of carbonyl (C=O) groups is 1. The highest BCUT2D eigenvalue weighted by atomic mass is 32.2. The van der Waals surface area contributed by atoms with Crippen molar-refractivity contribution in [2.45, 2.75) is 47.0 Å². The maximum Gasteiger partial charge on any atom is 0.212 e. The predicted molar refractivity (Wildman–Crippen MR) is 75.2 cm³/mol. The summed E-state index contributed by atoms with van der Waals surface area (Å²) in [6.07, 6.45) is 2.28. The van der Waals surface area contributed by atoms with Crippen molar-refractivity contribution in [1.29, 1.82) is 0 Å². The van der Waals surface area contributed by atoms with Gasteiger partial charge in [-0.25, -0.2) is 13.1 Å². The molecule has 2 saturated carbocycles. The first-order valence-electron chi connectivity index (χ1n) is 7.11. The Morgan fingerprint density at radius 2 is 2.00 bits per heavy atom. The van der Waals surface area contributed by atoms with E-state index in [4.69, 9.17) is 0 Å². The van der Waals surface area contributed by atoms with Gasteiger partial charge >= 0.3 is 0 Å². The molecular formula is C14H25NO3S. The summed E-state index contributed by atoms with van der Waals surface area (Å²) in [5.74, 6) is 0.759.